The van der Waals surface area contributed by atoms with E-state index >= 15 is 0 Å². The minimum atomic E-state index is 0.322. The van der Waals surface area contributed by atoms with Crippen molar-refractivity contribution in [3.63, 3.8) is 0 Å². The van der Waals surface area contributed by atoms with Crippen LogP contribution in [0.15, 0.2) is 66.1 Å². The zero-order valence-electron chi connectivity index (χ0n) is 11.1. The number of thioether (sulfide) groups is 1. The maximum atomic E-state index is 5.42. The van der Waals surface area contributed by atoms with Gasteiger partial charge in [0.2, 0.25) is 6.79 Å². The fourth-order valence-electron chi connectivity index (χ4n) is 2.15. The Morgan fingerprint density at radius 3 is 2.70 bits per heavy atom. The maximum absolute atomic E-state index is 5.42. The monoisotopic (exact) mass is 284 g/mol. The lowest BCUT2D eigenvalue weighted by Gasteiger charge is -2.12. The molecule has 0 spiro atoms. The summed E-state index contributed by atoms with van der Waals surface area (Å²) in [7, 11) is 0. The molecule has 1 atom stereocenters. The Bertz CT molecular complexity index is 595. The van der Waals surface area contributed by atoms with Crippen LogP contribution in [0.25, 0.3) is 0 Å². The van der Waals surface area contributed by atoms with Gasteiger partial charge in [-0.05, 0) is 36.2 Å². The molecular formula is C17H16O2S. The number of ether oxygens (including phenoxy) is 2. The van der Waals surface area contributed by atoms with Crippen LogP contribution in [0, 0.1) is 0 Å². The van der Waals surface area contributed by atoms with Crippen molar-refractivity contribution in [2.45, 2.75) is 16.6 Å². The van der Waals surface area contributed by atoms with Crippen LogP contribution in [0.2, 0.25) is 0 Å². The van der Waals surface area contributed by atoms with E-state index in [1.165, 1.54) is 10.5 Å². The highest BCUT2D eigenvalue weighted by Gasteiger charge is 2.15. The van der Waals surface area contributed by atoms with Gasteiger partial charge in [-0.1, -0.05) is 30.3 Å². The summed E-state index contributed by atoms with van der Waals surface area (Å²) in [5, 5.41) is 0.345. The van der Waals surface area contributed by atoms with Crippen molar-refractivity contribution in [3.8, 4) is 11.5 Å². The Morgan fingerprint density at radius 1 is 1.10 bits per heavy atom. The van der Waals surface area contributed by atoms with Crippen molar-refractivity contribution in [2.24, 2.45) is 0 Å². The van der Waals surface area contributed by atoms with E-state index in [4.69, 9.17) is 9.47 Å². The van der Waals surface area contributed by atoms with Crippen LogP contribution in [-0.4, -0.2) is 12.0 Å². The minimum Gasteiger partial charge on any atom is -0.454 e. The minimum absolute atomic E-state index is 0.322. The highest BCUT2D eigenvalue weighted by atomic mass is 32.2. The summed E-state index contributed by atoms with van der Waals surface area (Å²) in [5.41, 5.74) is 1.24. The third-order valence-electron chi connectivity index (χ3n) is 3.17. The fraction of sp³-hybridized carbons (Fsp3) is 0.176. The average molecular weight is 284 g/mol. The highest BCUT2D eigenvalue weighted by molar-refractivity contribution is 8.00. The third kappa shape index (κ3) is 2.99. The van der Waals surface area contributed by atoms with E-state index < -0.39 is 0 Å². The molecule has 0 bridgehead atoms. The first kappa shape index (κ1) is 13.1. The quantitative estimate of drug-likeness (QED) is 0.602. The van der Waals surface area contributed by atoms with Crippen LogP contribution >= 0.6 is 11.8 Å². The van der Waals surface area contributed by atoms with Crippen LogP contribution in [-0.2, 0) is 6.42 Å². The second kappa shape index (κ2) is 6.06. The van der Waals surface area contributed by atoms with Gasteiger partial charge in [0.15, 0.2) is 11.5 Å². The van der Waals surface area contributed by atoms with Crippen molar-refractivity contribution >= 4 is 11.8 Å². The zero-order chi connectivity index (χ0) is 13.8. The molecule has 3 heteroatoms. The van der Waals surface area contributed by atoms with Gasteiger partial charge in [-0.25, -0.2) is 0 Å². The summed E-state index contributed by atoms with van der Waals surface area (Å²) >= 11 is 1.83. The molecule has 1 heterocycles. The summed E-state index contributed by atoms with van der Waals surface area (Å²) in [6, 6.07) is 16.5. The number of benzene rings is 2. The first-order chi connectivity index (χ1) is 9.85. The molecule has 102 valence electrons. The SMILES string of the molecule is C=CC(Cc1ccc2c(c1)OCO2)Sc1ccccc1. The third-order valence-corrected chi connectivity index (χ3v) is 4.37. The van der Waals surface area contributed by atoms with Gasteiger partial charge >= 0.3 is 0 Å². The molecule has 0 aliphatic carbocycles. The largest absolute Gasteiger partial charge is 0.454 e. The van der Waals surface area contributed by atoms with Gasteiger partial charge < -0.3 is 9.47 Å². The Kier molecular flexibility index (Phi) is 3.97. The molecule has 0 N–H and O–H groups in total. The number of fused-ring (bicyclic) bond motifs is 1. The predicted octanol–water partition coefficient (Wildman–Crippen LogP) is 4.30. The van der Waals surface area contributed by atoms with Gasteiger partial charge in [0.1, 0.15) is 0 Å². The van der Waals surface area contributed by atoms with Gasteiger partial charge in [-0.2, -0.15) is 0 Å². The molecule has 3 rings (SSSR count). The van der Waals surface area contributed by atoms with Crippen molar-refractivity contribution in [1.29, 1.82) is 0 Å². The molecule has 0 saturated carbocycles. The second-order valence-electron chi connectivity index (χ2n) is 4.60. The number of hydrogen-bond acceptors (Lipinski definition) is 3. The molecule has 2 aromatic carbocycles. The summed E-state index contributed by atoms with van der Waals surface area (Å²) in [6.07, 6.45) is 2.93. The van der Waals surface area contributed by atoms with E-state index in [1.807, 2.05) is 30.0 Å². The Labute approximate surface area is 123 Å². The van der Waals surface area contributed by atoms with E-state index in [2.05, 4.69) is 43.0 Å². The van der Waals surface area contributed by atoms with Crippen LogP contribution in [0.4, 0.5) is 0 Å². The summed E-state index contributed by atoms with van der Waals surface area (Å²) in [6.45, 7) is 4.27. The molecule has 0 saturated heterocycles. The molecule has 1 aliphatic heterocycles. The smallest absolute Gasteiger partial charge is 0.231 e. The Balaban J connectivity index is 1.70. The van der Waals surface area contributed by atoms with Crippen molar-refractivity contribution < 1.29 is 9.47 Å². The van der Waals surface area contributed by atoms with E-state index in [-0.39, 0.29) is 0 Å². The van der Waals surface area contributed by atoms with E-state index in [1.54, 1.807) is 0 Å². The Hall–Kier alpha value is -1.87. The molecule has 20 heavy (non-hydrogen) atoms. The van der Waals surface area contributed by atoms with Crippen molar-refractivity contribution in [3.05, 3.63) is 66.7 Å². The second-order valence-corrected chi connectivity index (χ2v) is 5.91. The molecule has 0 aromatic heterocycles. The van der Waals surface area contributed by atoms with Gasteiger partial charge in [0, 0.05) is 10.1 Å². The van der Waals surface area contributed by atoms with E-state index in [0.29, 0.717) is 12.0 Å². The molecule has 1 aliphatic rings. The molecule has 2 nitrogen and oxygen atoms in total. The number of hydrogen-bond donors (Lipinski definition) is 0. The zero-order valence-corrected chi connectivity index (χ0v) is 11.9. The molecule has 0 amide bonds. The van der Waals surface area contributed by atoms with Crippen molar-refractivity contribution in [2.75, 3.05) is 6.79 Å². The molecule has 0 fully saturated rings. The van der Waals surface area contributed by atoms with Crippen LogP contribution < -0.4 is 9.47 Å². The fourth-order valence-corrected chi connectivity index (χ4v) is 3.18. The van der Waals surface area contributed by atoms with Gasteiger partial charge in [-0.3, -0.25) is 0 Å². The van der Waals surface area contributed by atoms with Gasteiger partial charge in [0.05, 0.1) is 0 Å². The van der Waals surface area contributed by atoms with Crippen LogP contribution in [0.5, 0.6) is 11.5 Å². The predicted molar refractivity (Wildman–Crippen MR) is 82.6 cm³/mol. The lowest BCUT2D eigenvalue weighted by atomic mass is 10.1. The average Bonchev–Trinajstić information content (AvgIpc) is 2.95. The highest BCUT2D eigenvalue weighted by Crippen LogP contribution is 2.34. The first-order valence-electron chi connectivity index (χ1n) is 6.58. The normalized spacial score (nSPS) is 14.0. The lowest BCUT2D eigenvalue weighted by Crippen LogP contribution is -2.02. The first-order valence-corrected chi connectivity index (χ1v) is 7.46. The van der Waals surface area contributed by atoms with E-state index in [9.17, 15) is 0 Å². The molecule has 0 radical (unpaired) electrons. The van der Waals surface area contributed by atoms with Crippen LogP contribution in [0.1, 0.15) is 5.56 Å². The van der Waals surface area contributed by atoms with Crippen LogP contribution in [0.3, 0.4) is 0 Å². The van der Waals surface area contributed by atoms with Crippen molar-refractivity contribution in [1.82, 2.24) is 0 Å². The molecular weight excluding hydrogens is 268 g/mol. The van der Waals surface area contributed by atoms with Gasteiger partial charge in [0.25, 0.3) is 0 Å². The summed E-state index contributed by atoms with van der Waals surface area (Å²) < 4.78 is 10.8. The summed E-state index contributed by atoms with van der Waals surface area (Å²) in [5.74, 6) is 1.68. The standard InChI is InChI=1S/C17H16O2S/c1-2-14(20-15-6-4-3-5-7-15)10-13-8-9-16-17(11-13)19-12-18-16/h2-9,11,14H,1,10,12H2. The van der Waals surface area contributed by atoms with Gasteiger partial charge in [-0.15, -0.1) is 18.3 Å². The molecule has 2 aromatic rings. The number of rotatable bonds is 5. The summed E-state index contributed by atoms with van der Waals surface area (Å²) in [4.78, 5) is 1.26. The van der Waals surface area contributed by atoms with E-state index in [0.717, 1.165) is 17.9 Å². The lowest BCUT2D eigenvalue weighted by molar-refractivity contribution is 0.174. The maximum Gasteiger partial charge on any atom is 0.231 e. The molecule has 1 unspecified atom stereocenters. The topological polar surface area (TPSA) is 18.5 Å². The Morgan fingerprint density at radius 2 is 1.90 bits per heavy atom.